The summed E-state index contributed by atoms with van der Waals surface area (Å²) in [5.74, 6) is -1.65. The Kier molecular flexibility index (Phi) is 6.11. The van der Waals surface area contributed by atoms with E-state index in [0.717, 1.165) is 23.3 Å². The summed E-state index contributed by atoms with van der Waals surface area (Å²) in [6.07, 6.45) is -3.24. The summed E-state index contributed by atoms with van der Waals surface area (Å²) in [4.78, 5) is 23.6. The molecule has 0 heterocycles. The fourth-order valence-corrected chi connectivity index (χ4v) is 2.05. The first-order valence-corrected chi connectivity index (χ1v) is 7.60. The summed E-state index contributed by atoms with van der Waals surface area (Å²) in [5, 5.41) is 5.87. The molecule has 0 bridgehead atoms. The van der Waals surface area contributed by atoms with Crippen LogP contribution in [0, 0.1) is 6.92 Å². The van der Waals surface area contributed by atoms with Crippen molar-refractivity contribution in [1.82, 2.24) is 10.7 Å². The highest BCUT2D eigenvalue weighted by atomic mass is 19.4. The molecule has 0 aliphatic carbocycles. The zero-order valence-corrected chi connectivity index (χ0v) is 13.8. The zero-order chi connectivity index (χ0) is 19.2. The topological polar surface area (TPSA) is 70.6 Å². The molecule has 0 saturated heterocycles. The summed E-state index contributed by atoms with van der Waals surface area (Å²) in [6, 6.07) is 11.7. The highest BCUT2D eigenvalue weighted by Gasteiger charge is 2.34. The number of nitrogens with zero attached hydrogens (tertiary/aromatic N) is 1. The zero-order valence-electron chi connectivity index (χ0n) is 13.8. The van der Waals surface area contributed by atoms with Crippen molar-refractivity contribution in [1.29, 1.82) is 0 Å². The van der Waals surface area contributed by atoms with Crippen molar-refractivity contribution in [2.45, 2.75) is 13.1 Å². The molecule has 0 radical (unpaired) electrons. The van der Waals surface area contributed by atoms with Gasteiger partial charge >= 0.3 is 6.18 Å². The van der Waals surface area contributed by atoms with Gasteiger partial charge in [0.05, 0.1) is 23.9 Å². The second-order valence-corrected chi connectivity index (χ2v) is 5.43. The molecule has 0 atom stereocenters. The molecule has 0 spiro atoms. The molecule has 0 aliphatic heterocycles. The molecule has 0 fully saturated rings. The van der Waals surface area contributed by atoms with Crippen LogP contribution in [0.2, 0.25) is 0 Å². The van der Waals surface area contributed by atoms with E-state index in [1.165, 1.54) is 18.3 Å². The van der Waals surface area contributed by atoms with Crippen molar-refractivity contribution in [3.8, 4) is 0 Å². The number of halogens is 3. The SMILES string of the molecule is Cc1ccc(/C=N\NC(=O)CNC(=O)c2ccccc2C(F)(F)F)cc1. The van der Waals surface area contributed by atoms with E-state index in [0.29, 0.717) is 0 Å². The number of carbonyl (C=O) groups excluding carboxylic acids is 2. The molecule has 0 aromatic heterocycles. The first-order chi connectivity index (χ1) is 12.3. The second kappa shape index (κ2) is 8.28. The number of aryl methyl sites for hydroxylation is 1. The van der Waals surface area contributed by atoms with E-state index in [-0.39, 0.29) is 0 Å². The van der Waals surface area contributed by atoms with Gasteiger partial charge in [-0.1, -0.05) is 42.0 Å². The Bertz CT molecular complexity index is 815. The molecule has 136 valence electrons. The van der Waals surface area contributed by atoms with Crippen LogP contribution in [-0.2, 0) is 11.0 Å². The number of nitrogens with one attached hydrogen (secondary N) is 2. The fourth-order valence-electron chi connectivity index (χ4n) is 2.05. The van der Waals surface area contributed by atoms with Gasteiger partial charge in [0.15, 0.2) is 0 Å². The van der Waals surface area contributed by atoms with Crippen LogP contribution in [0.15, 0.2) is 53.6 Å². The third kappa shape index (κ3) is 5.44. The van der Waals surface area contributed by atoms with E-state index >= 15 is 0 Å². The van der Waals surface area contributed by atoms with E-state index < -0.39 is 35.7 Å². The standard InChI is InChI=1S/C18H16F3N3O2/c1-12-6-8-13(9-7-12)10-23-24-16(25)11-22-17(26)14-4-2-3-5-15(14)18(19,20)21/h2-10H,11H2,1H3,(H,22,26)(H,24,25)/b23-10-. The maximum atomic E-state index is 12.9. The van der Waals surface area contributed by atoms with Gasteiger partial charge in [-0.2, -0.15) is 18.3 Å². The van der Waals surface area contributed by atoms with Crippen LogP contribution in [0.4, 0.5) is 13.2 Å². The molecule has 2 amide bonds. The monoisotopic (exact) mass is 363 g/mol. The van der Waals surface area contributed by atoms with E-state index in [9.17, 15) is 22.8 Å². The third-order valence-corrected chi connectivity index (χ3v) is 3.37. The highest BCUT2D eigenvalue weighted by molar-refractivity contribution is 5.98. The number of alkyl halides is 3. The number of hydrogen-bond donors (Lipinski definition) is 2. The first-order valence-electron chi connectivity index (χ1n) is 7.60. The maximum absolute atomic E-state index is 12.9. The van der Waals surface area contributed by atoms with Crippen LogP contribution in [0.3, 0.4) is 0 Å². The molecule has 2 rings (SSSR count). The summed E-state index contributed by atoms with van der Waals surface area (Å²) in [6.45, 7) is 1.43. The number of carbonyl (C=O) groups is 2. The van der Waals surface area contributed by atoms with E-state index in [4.69, 9.17) is 0 Å². The van der Waals surface area contributed by atoms with Gasteiger partial charge in [0.1, 0.15) is 0 Å². The quantitative estimate of drug-likeness (QED) is 0.633. The van der Waals surface area contributed by atoms with Crippen LogP contribution in [0.1, 0.15) is 27.0 Å². The fraction of sp³-hybridized carbons (Fsp3) is 0.167. The van der Waals surface area contributed by atoms with Gasteiger partial charge in [-0.15, -0.1) is 0 Å². The van der Waals surface area contributed by atoms with Gasteiger partial charge in [0, 0.05) is 0 Å². The average Bonchev–Trinajstić information content (AvgIpc) is 2.60. The van der Waals surface area contributed by atoms with E-state index in [1.807, 2.05) is 19.1 Å². The van der Waals surface area contributed by atoms with Crippen molar-refractivity contribution in [3.63, 3.8) is 0 Å². The molecular weight excluding hydrogens is 347 g/mol. The van der Waals surface area contributed by atoms with Crippen LogP contribution in [0.5, 0.6) is 0 Å². The molecule has 0 unspecified atom stereocenters. The Labute approximate surface area is 147 Å². The van der Waals surface area contributed by atoms with Gasteiger partial charge in [-0.05, 0) is 24.6 Å². The number of amides is 2. The lowest BCUT2D eigenvalue weighted by Gasteiger charge is -2.12. The van der Waals surface area contributed by atoms with E-state index in [2.05, 4.69) is 15.8 Å². The van der Waals surface area contributed by atoms with Crippen molar-refractivity contribution in [3.05, 3.63) is 70.8 Å². The number of hydrazone groups is 1. The highest BCUT2D eigenvalue weighted by Crippen LogP contribution is 2.31. The maximum Gasteiger partial charge on any atom is 0.417 e. The summed E-state index contributed by atoms with van der Waals surface area (Å²) in [7, 11) is 0. The minimum atomic E-state index is -4.66. The molecule has 2 aromatic carbocycles. The Balaban J connectivity index is 1.89. The molecular formula is C18H16F3N3O2. The van der Waals surface area contributed by atoms with Crippen molar-refractivity contribution in [2.75, 3.05) is 6.54 Å². The Morgan fingerprint density at radius 1 is 1.08 bits per heavy atom. The molecule has 8 heteroatoms. The average molecular weight is 363 g/mol. The second-order valence-electron chi connectivity index (χ2n) is 5.43. The minimum Gasteiger partial charge on any atom is -0.343 e. The van der Waals surface area contributed by atoms with Gasteiger partial charge in [0.2, 0.25) is 0 Å². The smallest absolute Gasteiger partial charge is 0.343 e. The predicted octanol–water partition coefficient (Wildman–Crippen LogP) is 2.89. The lowest BCUT2D eigenvalue weighted by molar-refractivity contribution is -0.137. The lowest BCUT2D eigenvalue weighted by Crippen LogP contribution is -2.35. The van der Waals surface area contributed by atoms with Crippen LogP contribution in [-0.4, -0.2) is 24.6 Å². The summed E-state index contributed by atoms with van der Waals surface area (Å²) >= 11 is 0. The van der Waals surface area contributed by atoms with E-state index in [1.54, 1.807) is 12.1 Å². The van der Waals surface area contributed by atoms with Gasteiger partial charge in [0.25, 0.3) is 11.8 Å². The molecule has 2 aromatic rings. The lowest BCUT2D eigenvalue weighted by atomic mass is 10.1. The number of hydrogen-bond acceptors (Lipinski definition) is 3. The summed E-state index contributed by atoms with van der Waals surface area (Å²) in [5.41, 5.74) is 2.43. The minimum absolute atomic E-state index is 0.504. The Morgan fingerprint density at radius 3 is 2.38 bits per heavy atom. The normalized spacial score (nSPS) is 11.4. The molecule has 2 N–H and O–H groups in total. The predicted molar refractivity (Wildman–Crippen MR) is 90.7 cm³/mol. The van der Waals surface area contributed by atoms with Crippen LogP contribution in [0.25, 0.3) is 0 Å². The first kappa shape index (κ1) is 19.2. The Hall–Kier alpha value is -3.16. The van der Waals surface area contributed by atoms with Crippen molar-refractivity contribution < 1.29 is 22.8 Å². The molecule has 0 saturated carbocycles. The molecule has 0 aliphatic rings. The van der Waals surface area contributed by atoms with Crippen molar-refractivity contribution >= 4 is 18.0 Å². The Morgan fingerprint density at radius 2 is 1.73 bits per heavy atom. The van der Waals surface area contributed by atoms with Gasteiger partial charge < -0.3 is 5.32 Å². The largest absolute Gasteiger partial charge is 0.417 e. The molecule has 5 nitrogen and oxygen atoms in total. The summed E-state index contributed by atoms with van der Waals surface area (Å²) < 4.78 is 38.6. The van der Waals surface area contributed by atoms with Crippen molar-refractivity contribution in [2.24, 2.45) is 5.10 Å². The third-order valence-electron chi connectivity index (χ3n) is 3.37. The van der Waals surface area contributed by atoms with Crippen LogP contribution < -0.4 is 10.7 Å². The van der Waals surface area contributed by atoms with Crippen LogP contribution >= 0.6 is 0 Å². The molecule has 26 heavy (non-hydrogen) atoms. The number of benzene rings is 2. The number of rotatable bonds is 5. The van der Waals surface area contributed by atoms with Gasteiger partial charge in [-0.25, -0.2) is 5.43 Å². The van der Waals surface area contributed by atoms with Gasteiger partial charge in [-0.3, -0.25) is 9.59 Å².